The van der Waals surface area contributed by atoms with Gasteiger partial charge in [0.2, 0.25) is 0 Å². The molecule has 0 bridgehead atoms. The average molecular weight is 385 g/mol. The molecule has 0 aliphatic rings. The molecule has 2 rings (SSSR count). The van der Waals surface area contributed by atoms with Gasteiger partial charge in [-0.25, -0.2) is 0 Å². The summed E-state index contributed by atoms with van der Waals surface area (Å²) in [5.74, 6) is 2.80. The lowest BCUT2D eigenvalue weighted by Gasteiger charge is -2.29. The molecular weight excluding hydrogens is 348 g/mol. The minimum atomic E-state index is -0.324. The summed E-state index contributed by atoms with van der Waals surface area (Å²) >= 11 is 0. The molecule has 0 aromatic heterocycles. The number of benzene rings is 2. The molecule has 28 heavy (non-hydrogen) atoms. The maximum Gasteiger partial charge on any atom is 0.197 e. The van der Waals surface area contributed by atoms with Gasteiger partial charge in [0, 0.05) is 0 Å². The third kappa shape index (κ3) is 7.93. The molecule has 2 unspecified atom stereocenters. The van der Waals surface area contributed by atoms with Gasteiger partial charge in [0.25, 0.3) is 0 Å². The molecule has 0 amide bonds. The van der Waals surface area contributed by atoms with E-state index in [1.807, 2.05) is 43.3 Å². The van der Waals surface area contributed by atoms with E-state index in [1.165, 1.54) is 5.56 Å². The lowest BCUT2D eigenvalue weighted by molar-refractivity contribution is -0.0739. The Morgan fingerprint density at radius 1 is 0.821 bits per heavy atom. The van der Waals surface area contributed by atoms with Gasteiger partial charge >= 0.3 is 0 Å². The molecular formula is C25H36O3. The maximum atomic E-state index is 5.99. The molecule has 3 heteroatoms. The summed E-state index contributed by atoms with van der Waals surface area (Å²) in [5, 5.41) is 0. The van der Waals surface area contributed by atoms with Crippen molar-refractivity contribution < 1.29 is 14.2 Å². The third-order valence-corrected chi connectivity index (χ3v) is 4.67. The Hall–Kier alpha value is -2.00. The number of para-hydroxylation sites is 1. The largest absolute Gasteiger partial charge is 0.491 e. The van der Waals surface area contributed by atoms with E-state index >= 15 is 0 Å². The van der Waals surface area contributed by atoms with Crippen molar-refractivity contribution in [1.82, 2.24) is 0 Å². The van der Waals surface area contributed by atoms with Crippen LogP contribution in [0.25, 0.3) is 0 Å². The zero-order valence-corrected chi connectivity index (χ0v) is 18.3. The van der Waals surface area contributed by atoms with Crippen LogP contribution >= 0.6 is 0 Å². The molecule has 0 N–H and O–H groups in total. The molecule has 0 aliphatic carbocycles. The van der Waals surface area contributed by atoms with Crippen molar-refractivity contribution in [3.8, 4) is 11.5 Å². The predicted molar refractivity (Wildman–Crippen MR) is 116 cm³/mol. The molecule has 0 spiro atoms. The summed E-state index contributed by atoms with van der Waals surface area (Å²) in [6.07, 6.45) is 0.825. The average Bonchev–Trinajstić information content (AvgIpc) is 2.63. The van der Waals surface area contributed by atoms with Crippen LogP contribution in [0.15, 0.2) is 54.6 Å². The minimum Gasteiger partial charge on any atom is -0.491 e. The predicted octanol–water partition coefficient (Wildman–Crippen LogP) is 6.68. The van der Waals surface area contributed by atoms with Crippen molar-refractivity contribution in [3.05, 3.63) is 60.2 Å². The molecule has 0 saturated heterocycles. The first-order chi connectivity index (χ1) is 13.2. The highest BCUT2D eigenvalue weighted by Gasteiger charge is 2.23. The van der Waals surface area contributed by atoms with E-state index in [4.69, 9.17) is 14.2 Å². The van der Waals surface area contributed by atoms with Crippen molar-refractivity contribution in [2.45, 2.75) is 60.2 Å². The van der Waals surface area contributed by atoms with Crippen molar-refractivity contribution in [1.29, 1.82) is 0 Å². The monoisotopic (exact) mass is 384 g/mol. The molecule has 0 heterocycles. The molecule has 2 atom stereocenters. The summed E-state index contributed by atoms with van der Waals surface area (Å²) in [6.45, 7) is 14.4. The van der Waals surface area contributed by atoms with Crippen molar-refractivity contribution >= 4 is 0 Å². The first-order valence-electron chi connectivity index (χ1n) is 10.3. The van der Waals surface area contributed by atoms with Crippen LogP contribution in [0.3, 0.4) is 0 Å². The Morgan fingerprint density at radius 3 is 2.14 bits per heavy atom. The van der Waals surface area contributed by atoms with E-state index < -0.39 is 0 Å². The van der Waals surface area contributed by atoms with Crippen LogP contribution < -0.4 is 9.47 Å². The van der Waals surface area contributed by atoms with Crippen molar-refractivity contribution in [3.63, 3.8) is 0 Å². The Bertz CT molecular complexity index is 688. The normalized spacial score (nSPS) is 14.0. The standard InChI is InChI=1S/C25H36O3/c1-19(2)24(18-25(4,5)6)21-11-10-14-23(17-21)28-20(3)26-15-16-27-22-12-8-7-9-13-22/h7-14,17,19-20,24H,15-16,18H2,1-6H3. The highest BCUT2D eigenvalue weighted by molar-refractivity contribution is 5.31. The van der Waals surface area contributed by atoms with Crippen molar-refractivity contribution in [2.24, 2.45) is 11.3 Å². The molecule has 0 saturated carbocycles. The lowest BCUT2D eigenvalue weighted by atomic mass is 9.76. The molecule has 154 valence electrons. The number of hydrogen-bond acceptors (Lipinski definition) is 3. The van der Waals surface area contributed by atoms with Gasteiger partial charge in [0.05, 0.1) is 6.61 Å². The zero-order chi connectivity index (χ0) is 20.6. The van der Waals surface area contributed by atoms with Crippen LogP contribution in [0.5, 0.6) is 11.5 Å². The third-order valence-electron chi connectivity index (χ3n) is 4.67. The van der Waals surface area contributed by atoms with E-state index in [2.05, 4.69) is 52.8 Å². The molecule has 0 aliphatic heterocycles. The maximum absolute atomic E-state index is 5.99. The number of ether oxygens (including phenoxy) is 3. The van der Waals surface area contributed by atoms with Gasteiger partial charge in [-0.3, -0.25) is 0 Å². The van der Waals surface area contributed by atoms with Gasteiger partial charge in [-0.2, -0.15) is 0 Å². The van der Waals surface area contributed by atoms with E-state index in [9.17, 15) is 0 Å². The fourth-order valence-electron chi connectivity index (χ4n) is 3.33. The Labute approximate surface area is 171 Å². The molecule has 0 fully saturated rings. The summed E-state index contributed by atoms with van der Waals surface area (Å²) in [7, 11) is 0. The van der Waals surface area contributed by atoms with E-state index in [0.29, 0.717) is 30.5 Å². The first-order valence-corrected chi connectivity index (χ1v) is 10.3. The lowest BCUT2D eigenvalue weighted by Crippen LogP contribution is -2.20. The SMILES string of the molecule is CC(OCCOc1ccccc1)Oc1cccc(C(CC(C)(C)C)C(C)C)c1. The van der Waals surface area contributed by atoms with E-state index in [0.717, 1.165) is 17.9 Å². The molecule has 3 nitrogen and oxygen atoms in total. The smallest absolute Gasteiger partial charge is 0.197 e. The fourth-order valence-corrected chi connectivity index (χ4v) is 3.33. The van der Waals surface area contributed by atoms with Crippen LogP contribution in [-0.4, -0.2) is 19.5 Å². The number of rotatable bonds is 10. The summed E-state index contributed by atoms with van der Waals surface area (Å²) in [4.78, 5) is 0. The number of hydrogen-bond donors (Lipinski definition) is 0. The van der Waals surface area contributed by atoms with Gasteiger partial charge in [0.15, 0.2) is 6.29 Å². The molecule has 2 aromatic carbocycles. The topological polar surface area (TPSA) is 27.7 Å². The van der Waals surface area contributed by atoms with Gasteiger partial charge in [-0.1, -0.05) is 65.0 Å². The summed E-state index contributed by atoms with van der Waals surface area (Å²) < 4.78 is 17.4. The summed E-state index contributed by atoms with van der Waals surface area (Å²) in [5.41, 5.74) is 1.63. The second-order valence-corrected chi connectivity index (χ2v) is 8.91. The van der Waals surface area contributed by atoms with Crippen LogP contribution in [0.2, 0.25) is 0 Å². The van der Waals surface area contributed by atoms with E-state index in [1.54, 1.807) is 0 Å². The van der Waals surface area contributed by atoms with Crippen LogP contribution in [0, 0.1) is 11.3 Å². The van der Waals surface area contributed by atoms with Gasteiger partial charge in [-0.15, -0.1) is 0 Å². The van der Waals surface area contributed by atoms with Gasteiger partial charge < -0.3 is 14.2 Å². The van der Waals surface area contributed by atoms with Crippen molar-refractivity contribution in [2.75, 3.05) is 13.2 Å². The highest BCUT2D eigenvalue weighted by Crippen LogP contribution is 2.37. The zero-order valence-electron chi connectivity index (χ0n) is 18.3. The first kappa shape index (κ1) is 22.3. The Balaban J connectivity index is 1.86. The molecule has 2 aromatic rings. The van der Waals surface area contributed by atoms with Crippen LogP contribution in [-0.2, 0) is 4.74 Å². The van der Waals surface area contributed by atoms with Gasteiger partial charge in [-0.05, 0) is 60.4 Å². The Kier molecular flexibility index (Phi) is 8.37. The van der Waals surface area contributed by atoms with Crippen LogP contribution in [0.4, 0.5) is 0 Å². The van der Waals surface area contributed by atoms with Crippen LogP contribution in [0.1, 0.15) is 59.4 Å². The van der Waals surface area contributed by atoms with E-state index in [-0.39, 0.29) is 6.29 Å². The molecule has 0 radical (unpaired) electrons. The fraction of sp³-hybridized carbons (Fsp3) is 0.520. The highest BCUT2D eigenvalue weighted by atomic mass is 16.7. The summed E-state index contributed by atoms with van der Waals surface area (Å²) in [6, 6.07) is 18.2. The quantitative estimate of drug-likeness (QED) is 0.338. The van der Waals surface area contributed by atoms with Gasteiger partial charge in [0.1, 0.15) is 18.1 Å². The Morgan fingerprint density at radius 2 is 1.50 bits per heavy atom. The second kappa shape index (κ2) is 10.5. The minimum absolute atomic E-state index is 0.293. The second-order valence-electron chi connectivity index (χ2n) is 8.91.